The van der Waals surface area contributed by atoms with E-state index in [9.17, 15) is 19.0 Å². The van der Waals surface area contributed by atoms with Crippen molar-refractivity contribution < 1.29 is 28.5 Å². The summed E-state index contributed by atoms with van der Waals surface area (Å²) in [5, 5.41) is 24.1. The molecule has 248 valence electrons. The summed E-state index contributed by atoms with van der Waals surface area (Å²) < 4.78 is 40.0. The van der Waals surface area contributed by atoms with E-state index in [1.54, 1.807) is 24.3 Å². The topological polar surface area (TPSA) is 74.2 Å². The molecule has 0 heterocycles. The number of aliphatic hydroxyl groups excluding tert-OH is 2. The van der Waals surface area contributed by atoms with E-state index in [1.165, 1.54) is 0 Å². The fraction of sp³-hybridized carbons (Fsp3) is 0.282. The Labute approximate surface area is 276 Å². The van der Waals surface area contributed by atoms with Crippen LogP contribution in [0.25, 0.3) is 24.3 Å². The van der Waals surface area contributed by atoms with Crippen molar-refractivity contribution in [3.63, 3.8) is 0 Å². The monoisotopic (exact) mass is 642 g/mol. The highest BCUT2D eigenvalue weighted by Crippen LogP contribution is 2.25. The molecule has 4 rings (SSSR count). The third-order valence-corrected chi connectivity index (χ3v) is 7.96. The molecular weight excluding hydrogens is 598 g/mol. The van der Waals surface area contributed by atoms with Crippen LogP contribution >= 0.6 is 0 Å². The summed E-state index contributed by atoms with van der Waals surface area (Å²) in [7, 11) is 5.86. The van der Waals surface area contributed by atoms with E-state index in [0.29, 0.717) is 11.5 Å². The number of nitrogens with zero attached hydrogens (tertiary/aromatic N) is 1. The van der Waals surface area contributed by atoms with E-state index >= 15 is 0 Å². The van der Waals surface area contributed by atoms with Gasteiger partial charge in [0.1, 0.15) is 17.6 Å². The number of hydrogen-bond acceptors (Lipinski definition) is 6. The summed E-state index contributed by atoms with van der Waals surface area (Å²) in [6, 6.07) is 30.6. The fourth-order valence-corrected chi connectivity index (χ4v) is 4.91. The number of ether oxygens (including phenoxy) is 2. The van der Waals surface area contributed by atoms with Gasteiger partial charge in [-0.05, 0) is 70.8 Å². The van der Waals surface area contributed by atoms with Crippen LogP contribution in [0.1, 0.15) is 22.3 Å². The van der Waals surface area contributed by atoms with Crippen molar-refractivity contribution in [3.05, 3.63) is 119 Å². The second-order valence-corrected chi connectivity index (χ2v) is 11.6. The van der Waals surface area contributed by atoms with Crippen LogP contribution in [0.5, 0.6) is 11.5 Å². The molecule has 0 fully saturated rings. The molecule has 47 heavy (non-hydrogen) atoms. The maximum atomic E-state index is 14.2. The van der Waals surface area contributed by atoms with Crippen molar-refractivity contribution in [3.8, 4) is 11.5 Å². The normalized spacial score (nSPS) is 14.1. The Balaban J connectivity index is 1.36. The molecule has 6 nitrogen and oxygen atoms in total. The lowest BCUT2D eigenvalue weighted by molar-refractivity contribution is -0.0626. The Hall–Kier alpha value is -4.66. The van der Waals surface area contributed by atoms with Crippen LogP contribution in [0.4, 0.5) is 20.2 Å². The van der Waals surface area contributed by atoms with Gasteiger partial charge in [0, 0.05) is 32.5 Å². The zero-order valence-corrected chi connectivity index (χ0v) is 27.1. The minimum atomic E-state index is -1.44. The second kappa shape index (κ2) is 17.9. The first-order valence-electron chi connectivity index (χ1n) is 15.6. The fourth-order valence-electron chi connectivity index (χ4n) is 4.91. The Morgan fingerprint density at radius 3 is 1.55 bits per heavy atom. The van der Waals surface area contributed by atoms with Crippen LogP contribution in [-0.2, 0) is 0 Å². The molecule has 4 aromatic rings. The van der Waals surface area contributed by atoms with Crippen molar-refractivity contribution >= 4 is 35.7 Å². The van der Waals surface area contributed by atoms with Crippen molar-refractivity contribution in [1.29, 1.82) is 0 Å². The SMILES string of the molecule is CNc1ccc(C=Cc2ccc(OCC(CF)C(O)C(Oc3ccc(C=Cc4ccc(N(C)C)cc4)cc3)C(CO)CF)cc2)cc1. The molecule has 4 unspecified atom stereocenters. The quantitative estimate of drug-likeness (QED) is 0.104. The molecule has 0 saturated heterocycles. The Morgan fingerprint density at radius 1 is 0.681 bits per heavy atom. The van der Waals surface area contributed by atoms with E-state index < -0.39 is 44.0 Å². The Kier molecular flexibility index (Phi) is 13.4. The van der Waals surface area contributed by atoms with Crippen molar-refractivity contribution in [2.45, 2.75) is 12.2 Å². The zero-order chi connectivity index (χ0) is 33.6. The Bertz CT molecular complexity index is 1540. The molecule has 0 spiro atoms. The van der Waals surface area contributed by atoms with Crippen LogP contribution < -0.4 is 19.7 Å². The summed E-state index contributed by atoms with van der Waals surface area (Å²) in [5.74, 6) is -1.19. The van der Waals surface area contributed by atoms with Crippen LogP contribution in [-0.4, -0.2) is 70.1 Å². The van der Waals surface area contributed by atoms with Gasteiger partial charge in [0.25, 0.3) is 0 Å². The van der Waals surface area contributed by atoms with E-state index in [-0.39, 0.29) is 6.61 Å². The summed E-state index contributed by atoms with van der Waals surface area (Å²) in [6.45, 7) is -2.59. The highest BCUT2D eigenvalue weighted by molar-refractivity contribution is 5.71. The minimum Gasteiger partial charge on any atom is -0.493 e. The van der Waals surface area contributed by atoms with Gasteiger partial charge in [-0.1, -0.05) is 72.8 Å². The molecule has 0 bridgehead atoms. The van der Waals surface area contributed by atoms with Gasteiger partial charge < -0.3 is 29.9 Å². The van der Waals surface area contributed by atoms with Gasteiger partial charge in [-0.3, -0.25) is 8.78 Å². The summed E-state index contributed by atoms with van der Waals surface area (Å²) in [6.07, 6.45) is 5.31. The molecular formula is C39H44F2N2O4. The second-order valence-electron chi connectivity index (χ2n) is 11.6. The average molecular weight is 643 g/mol. The molecule has 4 aromatic carbocycles. The third-order valence-electron chi connectivity index (χ3n) is 7.96. The van der Waals surface area contributed by atoms with Gasteiger partial charge in [0.2, 0.25) is 0 Å². The van der Waals surface area contributed by atoms with E-state index in [1.807, 2.05) is 123 Å². The number of nitrogens with one attached hydrogen (secondary N) is 1. The van der Waals surface area contributed by atoms with Gasteiger partial charge in [-0.25, -0.2) is 0 Å². The number of benzene rings is 4. The van der Waals surface area contributed by atoms with Crippen molar-refractivity contribution in [2.24, 2.45) is 11.8 Å². The summed E-state index contributed by atoms with van der Waals surface area (Å²) in [5.41, 5.74) is 6.13. The first-order valence-corrected chi connectivity index (χ1v) is 15.6. The standard InChI is InChI=1S/C39H44F2N2O4/c1-42-34-16-8-28(9-17-34)4-6-30-12-20-36(21-13-30)46-27-33(25-41)38(45)39(32(24-40)26-44)47-37-22-14-31(15-23-37)7-5-29-10-18-35(19-11-29)43(2)3/h4-23,32-33,38-39,42,44-45H,24-27H2,1-3H3. The number of anilines is 2. The van der Waals surface area contributed by atoms with Gasteiger partial charge >= 0.3 is 0 Å². The highest BCUT2D eigenvalue weighted by Gasteiger charge is 2.36. The number of halogens is 2. The van der Waals surface area contributed by atoms with Crippen LogP contribution in [0, 0.1) is 11.8 Å². The molecule has 0 aliphatic heterocycles. The van der Waals surface area contributed by atoms with E-state index in [4.69, 9.17) is 9.47 Å². The first-order chi connectivity index (χ1) is 22.8. The predicted octanol–water partition coefficient (Wildman–Crippen LogP) is 7.49. The number of hydrogen-bond donors (Lipinski definition) is 3. The molecule has 0 amide bonds. The molecule has 0 aliphatic carbocycles. The zero-order valence-electron chi connectivity index (χ0n) is 27.1. The molecule has 0 aromatic heterocycles. The molecule has 8 heteroatoms. The third kappa shape index (κ3) is 10.4. The molecule has 0 radical (unpaired) electrons. The van der Waals surface area contributed by atoms with Crippen molar-refractivity contribution in [1.82, 2.24) is 0 Å². The van der Waals surface area contributed by atoms with Crippen LogP contribution in [0.2, 0.25) is 0 Å². The molecule has 3 N–H and O–H groups in total. The van der Waals surface area contributed by atoms with Gasteiger partial charge in [-0.15, -0.1) is 0 Å². The Morgan fingerprint density at radius 2 is 1.13 bits per heavy atom. The van der Waals surface area contributed by atoms with Crippen LogP contribution in [0.3, 0.4) is 0 Å². The number of rotatable bonds is 17. The van der Waals surface area contributed by atoms with Gasteiger partial charge in [0.05, 0.1) is 44.5 Å². The highest BCUT2D eigenvalue weighted by atomic mass is 19.1. The van der Waals surface area contributed by atoms with E-state index in [2.05, 4.69) is 5.32 Å². The first kappa shape index (κ1) is 35.2. The van der Waals surface area contributed by atoms with Crippen LogP contribution in [0.15, 0.2) is 97.1 Å². The average Bonchev–Trinajstić information content (AvgIpc) is 3.11. The number of alkyl halides is 2. The van der Waals surface area contributed by atoms with Crippen molar-refractivity contribution in [2.75, 3.05) is 57.9 Å². The predicted molar refractivity (Wildman–Crippen MR) is 189 cm³/mol. The smallest absolute Gasteiger partial charge is 0.132 e. The van der Waals surface area contributed by atoms with Gasteiger partial charge in [0.15, 0.2) is 0 Å². The lowest BCUT2D eigenvalue weighted by atomic mass is 9.91. The number of aliphatic hydroxyl groups is 2. The lowest BCUT2D eigenvalue weighted by Gasteiger charge is -2.32. The minimum absolute atomic E-state index is 0.159. The molecule has 0 aliphatic rings. The maximum absolute atomic E-state index is 14.2. The summed E-state index contributed by atoms with van der Waals surface area (Å²) >= 11 is 0. The van der Waals surface area contributed by atoms with Gasteiger partial charge in [-0.2, -0.15) is 0 Å². The molecule has 0 saturated carbocycles. The molecule has 4 atom stereocenters. The lowest BCUT2D eigenvalue weighted by Crippen LogP contribution is -2.47. The van der Waals surface area contributed by atoms with E-state index in [0.717, 1.165) is 33.6 Å². The maximum Gasteiger partial charge on any atom is 0.132 e. The largest absolute Gasteiger partial charge is 0.493 e. The summed E-state index contributed by atoms with van der Waals surface area (Å²) in [4.78, 5) is 2.04.